The highest BCUT2D eigenvalue weighted by atomic mass is 32.2. The lowest BCUT2D eigenvalue weighted by Gasteiger charge is -2.33. The van der Waals surface area contributed by atoms with Crippen LogP contribution in [0.15, 0.2) is 12.1 Å². The van der Waals surface area contributed by atoms with Gasteiger partial charge in [-0.2, -0.15) is 4.31 Å². The normalized spacial score (nSPS) is 21.4. The van der Waals surface area contributed by atoms with Crippen LogP contribution in [0.4, 0.5) is 0 Å². The SMILES string of the molecule is Cc1ccc(C(=O)N2CCc3nnc(C4CCCCN4S(C)(=O)=O)n3CC2)s1. The molecule has 1 fully saturated rings. The van der Waals surface area contributed by atoms with Crippen LogP contribution in [0.1, 0.15) is 51.5 Å². The molecule has 1 unspecified atom stereocenters. The van der Waals surface area contributed by atoms with E-state index in [9.17, 15) is 13.2 Å². The maximum atomic E-state index is 12.8. The van der Waals surface area contributed by atoms with E-state index >= 15 is 0 Å². The predicted octanol–water partition coefficient (Wildman–Crippen LogP) is 1.83. The molecule has 1 amide bonds. The van der Waals surface area contributed by atoms with Gasteiger partial charge in [0.15, 0.2) is 5.82 Å². The van der Waals surface area contributed by atoms with Gasteiger partial charge in [0.2, 0.25) is 10.0 Å². The summed E-state index contributed by atoms with van der Waals surface area (Å²) in [4.78, 5) is 16.5. The molecule has 8 nitrogen and oxygen atoms in total. The number of aryl methyl sites for hydroxylation is 1. The second-order valence-electron chi connectivity index (χ2n) is 7.46. The van der Waals surface area contributed by atoms with E-state index in [2.05, 4.69) is 10.2 Å². The van der Waals surface area contributed by atoms with Crippen LogP contribution in [0.3, 0.4) is 0 Å². The molecule has 0 radical (unpaired) electrons. The summed E-state index contributed by atoms with van der Waals surface area (Å²) in [6, 6.07) is 3.57. The van der Waals surface area contributed by atoms with Crippen molar-refractivity contribution >= 4 is 27.3 Å². The number of nitrogens with zero attached hydrogens (tertiary/aromatic N) is 5. The minimum atomic E-state index is -3.31. The van der Waals surface area contributed by atoms with Crippen LogP contribution in [0.25, 0.3) is 0 Å². The van der Waals surface area contributed by atoms with Gasteiger partial charge in [-0.25, -0.2) is 8.42 Å². The molecular formula is C18H25N5O3S2. The summed E-state index contributed by atoms with van der Waals surface area (Å²) in [5.74, 6) is 1.59. The summed E-state index contributed by atoms with van der Waals surface area (Å²) in [7, 11) is -3.31. The Bertz CT molecular complexity index is 981. The number of carbonyl (C=O) groups is 1. The highest BCUT2D eigenvalue weighted by Gasteiger charge is 2.35. The lowest BCUT2D eigenvalue weighted by atomic mass is 10.0. The molecule has 0 spiro atoms. The number of hydrogen-bond donors (Lipinski definition) is 0. The largest absolute Gasteiger partial charge is 0.336 e. The molecule has 4 rings (SSSR count). The number of fused-ring (bicyclic) bond motifs is 1. The summed E-state index contributed by atoms with van der Waals surface area (Å²) in [6.45, 7) is 4.26. The topological polar surface area (TPSA) is 88.4 Å². The van der Waals surface area contributed by atoms with Crippen LogP contribution in [0.2, 0.25) is 0 Å². The van der Waals surface area contributed by atoms with Gasteiger partial charge in [0.1, 0.15) is 5.82 Å². The van der Waals surface area contributed by atoms with Gasteiger partial charge in [-0.15, -0.1) is 21.5 Å². The van der Waals surface area contributed by atoms with Crippen LogP contribution in [-0.2, 0) is 23.0 Å². The second-order valence-corrected chi connectivity index (χ2v) is 10.7. The van der Waals surface area contributed by atoms with E-state index in [1.54, 1.807) is 4.31 Å². The predicted molar refractivity (Wildman–Crippen MR) is 107 cm³/mol. The van der Waals surface area contributed by atoms with E-state index in [-0.39, 0.29) is 11.9 Å². The lowest BCUT2D eigenvalue weighted by Crippen LogP contribution is -2.39. The highest BCUT2D eigenvalue weighted by molar-refractivity contribution is 7.88. The fourth-order valence-electron chi connectivity index (χ4n) is 4.06. The molecule has 1 atom stereocenters. The van der Waals surface area contributed by atoms with Crippen LogP contribution in [0, 0.1) is 6.92 Å². The molecule has 152 valence electrons. The zero-order chi connectivity index (χ0) is 19.9. The van der Waals surface area contributed by atoms with E-state index in [4.69, 9.17) is 0 Å². The molecule has 0 N–H and O–H groups in total. The third kappa shape index (κ3) is 3.72. The molecule has 2 aromatic heterocycles. The van der Waals surface area contributed by atoms with Crippen molar-refractivity contribution in [1.29, 1.82) is 0 Å². The molecule has 2 aromatic rings. The second kappa shape index (κ2) is 7.57. The Balaban J connectivity index is 1.56. The van der Waals surface area contributed by atoms with Crippen molar-refractivity contribution in [3.8, 4) is 0 Å². The smallest absolute Gasteiger partial charge is 0.264 e. The van der Waals surface area contributed by atoms with Crippen molar-refractivity contribution in [1.82, 2.24) is 24.0 Å². The van der Waals surface area contributed by atoms with Crippen molar-refractivity contribution < 1.29 is 13.2 Å². The van der Waals surface area contributed by atoms with Gasteiger partial charge in [0, 0.05) is 37.5 Å². The number of sulfonamides is 1. The zero-order valence-electron chi connectivity index (χ0n) is 16.2. The highest BCUT2D eigenvalue weighted by Crippen LogP contribution is 2.32. The summed E-state index contributed by atoms with van der Waals surface area (Å²) < 4.78 is 28.1. The molecule has 2 aliphatic heterocycles. The Kier molecular flexibility index (Phi) is 5.28. The first-order valence-electron chi connectivity index (χ1n) is 9.59. The molecular weight excluding hydrogens is 398 g/mol. The number of amides is 1. The Morgan fingerprint density at radius 1 is 1.14 bits per heavy atom. The number of carbonyl (C=O) groups excluding carboxylic acids is 1. The van der Waals surface area contributed by atoms with Crippen molar-refractivity contribution in [2.45, 2.75) is 45.2 Å². The molecule has 4 heterocycles. The van der Waals surface area contributed by atoms with E-state index in [1.165, 1.54) is 17.6 Å². The van der Waals surface area contributed by atoms with Crippen molar-refractivity contribution in [2.24, 2.45) is 0 Å². The van der Waals surface area contributed by atoms with Crippen molar-refractivity contribution in [2.75, 3.05) is 25.9 Å². The Hall–Kier alpha value is -1.78. The van der Waals surface area contributed by atoms with Gasteiger partial charge < -0.3 is 9.47 Å². The molecule has 28 heavy (non-hydrogen) atoms. The first-order valence-corrected chi connectivity index (χ1v) is 12.3. The quantitative estimate of drug-likeness (QED) is 0.752. The van der Waals surface area contributed by atoms with Crippen LogP contribution in [-0.4, -0.2) is 64.2 Å². The maximum Gasteiger partial charge on any atom is 0.264 e. The van der Waals surface area contributed by atoms with E-state index in [0.717, 1.165) is 34.8 Å². The molecule has 1 saturated heterocycles. The van der Waals surface area contributed by atoms with Gasteiger partial charge in [-0.05, 0) is 31.9 Å². The third-order valence-electron chi connectivity index (χ3n) is 5.47. The summed E-state index contributed by atoms with van der Waals surface area (Å²) in [5, 5.41) is 8.70. The summed E-state index contributed by atoms with van der Waals surface area (Å²) in [6.07, 6.45) is 4.47. The molecule has 0 bridgehead atoms. The first-order chi connectivity index (χ1) is 13.3. The number of piperidine rings is 1. The van der Waals surface area contributed by atoms with Gasteiger partial charge in [0.05, 0.1) is 17.2 Å². The maximum absolute atomic E-state index is 12.8. The Morgan fingerprint density at radius 3 is 2.68 bits per heavy atom. The van der Waals surface area contributed by atoms with E-state index in [1.807, 2.05) is 28.5 Å². The molecule has 0 saturated carbocycles. The fourth-order valence-corrected chi connectivity index (χ4v) is 6.02. The summed E-state index contributed by atoms with van der Waals surface area (Å²) >= 11 is 1.51. The van der Waals surface area contributed by atoms with Gasteiger partial charge in [-0.1, -0.05) is 6.42 Å². The van der Waals surface area contributed by atoms with Gasteiger partial charge in [-0.3, -0.25) is 4.79 Å². The molecule has 2 aliphatic rings. The Morgan fingerprint density at radius 2 is 1.96 bits per heavy atom. The first kappa shape index (κ1) is 19.5. The molecule has 0 aliphatic carbocycles. The molecule has 10 heteroatoms. The lowest BCUT2D eigenvalue weighted by molar-refractivity contribution is 0.0763. The minimum Gasteiger partial charge on any atom is -0.336 e. The number of rotatable bonds is 3. The monoisotopic (exact) mass is 423 g/mol. The standard InChI is InChI=1S/C18H25N5O3S2/c1-13-6-7-15(27-13)18(24)21-10-8-16-19-20-17(22(16)12-11-21)14-5-3-4-9-23(14)28(2,25)26/h6-7,14H,3-5,8-12H2,1-2H3. The van der Waals surface area contributed by atoms with Gasteiger partial charge >= 0.3 is 0 Å². The summed E-state index contributed by atoms with van der Waals surface area (Å²) in [5.41, 5.74) is 0. The third-order valence-corrected chi connectivity index (χ3v) is 7.75. The van der Waals surface area contributed by atoms with Crippen molar-refractivity contribution in [3.05, 3.63) is 33.5 Å². The van der Waals surface area contributed by atoms with E-state index in [0.29, 0.717) is 38.4 Å². The van der Waals surface area contributed by atoms with Crippen LogP contribution >= 0.6 is 11.3 Å². The molecule has 0 aromatic carbocycles. The zero-order valence-corrected chi connectivity index (χ0v) is 17.8. The van der Waals surface area contributed by atoms with Crippen molar-refractivity contribution in [3.63, 3.8) is 0 Å². The minimum absolute atomic E-state index is 0.0498. The Labute approximate surface area is 169 Å². The van der Waals surface area contributed by atoms with Gasteiger partial charge in [0.25, 0.3) is 5.91 Å². The van der Waals surface area contributed by atoms with E-state index < -0.39 is 10.0 Å². The number of hydrogen-bond acceptors (Lipinski definition) is 6. The number of aromatic nitrogens is 3. The van der Waals surface area contributed by atoms with Crippen LogP contribution < -0.4 is 0 Å². The van der Waals surface area contributed by atoms with Crippen LogP contribution in [0.5, 0.6) is 0 Å². The average molecular weight is 424 g/mol. The fraction of sp³-hybridized carbons (Fsp3) is 0.611. The average Bonchev–Trinajstić information content (AvgIpc) is 3.21. The number of thiophene rings is 1.